The van der Waals surface area contributed by atoms with Crippen molar-refractivity contribution in [2.24, 2.45) is 0 Å². The maximum absolute atomic E-state index is 12.0. The van der Waals surface area contributed by atoms with Gasteiger partial charge in [0.15, 0.2) is 5.76 Å². The van der Waals surface area contributed by atoms with Crippen molar-refractivity contribution in [1.29, 1.82) is 0 Å². The fourth-order valence-electron chi connectivity index (χ4n) is 3.41. The predicted octanol–water partition coefficient (Wildman–Crippen LogP) is 4.30. The van der Waals surface area contributed by atoms with E-state index < -0.39 is 0 Å². The first kappa shape index (κ1) is 19.1. The number of carbonyl (C=O) groups excluding carboxylic acids is 1. The topological polar surface area (TPSA) is 71.7 Å². The fourth-order valence-corrected chi connectivity index (χ4v) is 3.41. The fraction of sp³-hybridized carbons (Fsp3) is 0.318. The zero-order valence-electron chi connectivity index (χ0n) is 16.7. The summed E-state index contributed by atoms with van der Waals surface area (Å²) in [7, 11) is 0. The third-order valence-electron chi connectivity index (χ3n) is 4.94. The minimum absolute atomic E-state index is 0.107. The number of aryl methyl sites for hydroxylation is 1. The smallest absolute Gasteiger partial charge is 0.304 e. The first-order valence-electron chi connectivity index (χ1n) is 9.81. The van der Waals surface area contributed by atoms with Crippen LogP contribution in [0.3, 0.4) is 0 Å². The molecule has 1 aromatic carbocycles. The first-order valence-corrected chi connectivity index (χ1v) is 9.81. The second kappa shape index (κ2) is 8.45. The monoisotopic (exact) mass is 392 g/mol. The molecule has 0 bridgehead atoms. The number of nitrogens with zero attached hydrogens (tertiary/aromatic N) is 4. The number of pyridine rings is 1. The van der Waals surface area contributed by atoms with E-state index in [-0.39, 0.29) is 5.91 Å². The number of amides is 1. The van der Waals surface area contributed by atoms with Gasteiger partial charge in [-0.05, 0) is 44.0 Å². The van der Waals surface area contributed by atoms with E-state index in [0.717, 1.165) is 23.2 Å². The summed E-state index contributed by atoms with van der Waals surface area (Å²) in [5.41, 5.74) is 2.91. The van der Waals surface area contributed by atoms with Crippen molar-refractivity contribution in [3.63, 3.8) is 0 Å². The van der Waals surface area contributed by atoms with Crippen molar-refractivity contribution in [2.75, 3.05) is 29.7 Å². The summed E-state index contributed by atoms with van der Waals surface area (Å²) in [6.07, 6.45) is 4.82. The van der Waals surface area contributed by atoms with Crippen LogP contribution in [0.25, 0.3) is 11.3 Å². The highest BCUT2D eigenvalue weighted by molar-refractivity contribution is 5.94. The van der Waals surface area contributed by atoms with Crippen molar-refractivity contribution < 1.29 is 13.9 Å². The van der Waals surface area contributed by atoms with Crippen LogP contribution in [0.2, 0.25) is 0 Å². The average molecular weight is 392 g/mol. The molecule has 0 unspecified atom stereocenters. The molecule has 7 nitrogen and oxygen atoms in total. The van der Waals surface area contributed by atoms with Crippen LogP contribution in [0.1, 0.15) is 25.3 Å². The third kappa shape index (κ3) is 4.00. The van der Waals surface area contributed by atoms with Crippen LogP contribution in [0.5, 0.6) is 0 Å². The standard InChI is InChI=1S/C22H24N4O3/c1-3-28-15-26(18-8-5-4-7-16(18)2)22-24-14-19(29-22)17-10-11-23-20(13-17)25-12-6-9-21(25)27/h4-5,7-8,10-11,13-14H,3,6,9,12,15H2,1-2H3. The number of carbonyl (C=O) groups is 1. The molecule has 7 heteroatoms. The Hall–Kier alpha value is -3.19. The number of oxazole rings is 1. The van der Waals surface area contributed by atoms with E-state index in [9.17, 15) is 4.79 Å². The Kier molecular flexibility index (Phi) is 5.57. The van der Waals surface area contributed by atoms with E-state index in [1.54, 1.807) is 17.3 Å². The molecular formula is C22H24N4O3. The summed E-state index contributed by atoms with van der Waals surface area (Å²) in [4.78, 5) is 24.5. The van der Waals surface area contributed by atoms with Gasteiger partial charge in [0.2, 0.25) is 5.91 Å². The van der Waals surface area contributed by atoms with E-state index in [1.165, 1.54) is 0 Å². The lowest BCUT2D eigenvalue weighted by atomic mass is 10.2. The van der Waals surface area contributed by atoms with Gasteiger partial charge in [0.05, 0.1) is 11.9 Å². The van der Waals surface area contributed by atoms with Crippen LogP contribution in [0.15, 0.2) is 53.2 Å². The van der Waals surface area contributed by atoms with Gasteiger partial charge in [-0.1, -0.05) is 18.2 Å². The number of rotatable bonds is 7. The molecule has 0 atom stereocenters. The van der Waals surface area contributed by atoms with Gasteiger partial charge in [-0.2, -0.15) is 0 Å². The highest BCUT2D eigenvalue weighted by atomic mass is 16.5. The van der Waals surface area contributed by atoms with Crippen LogP contribution in [-0.4, -0.2) is 35.8 Å². The van der Waals surface area contributed by atoms with Crippen LogP contribution in [0.4, 0.5) is 17.5 Å². The van der Waals surface area contributed by atoms with Gasteiger partial charge in [0.1, 0.15) is 12.5 Å². The molecule has 1 fully saturated rings. The maximum atomic E-state index is 12.0. The second-order valence-corrected chi connectivity index (χ2v) is 6.90. The molecule has 0 aliphatic carbocycles. The molecule has 1 amide bonds. The summed E-state index contributed by atoms with van der Waals surface area (Å²) >= 11 is 0. The van der Waals surface area contributed by atoms with Gasteiger partial charge >= 0.3 is 6.01 Å². The molecular weight excluding hydrogens is 368 g/mol. The minimum atomic E-state index is 0.107. The molecule has 29 heavy (non-hydrogen) atoms. The molecule has 0 saturated carbocycles. The van der Waals surface area contributed by atoms with Gasteiger partial charge in [0.25, 0.3) is 0 Å². The Bertz CT molecular complexity index is 1000. The summed E-state index contributed by atoms with van der Waals surface area (Å²) in [6.45, 7) is 5.63. The highest BCUT2D eigenvalue weighted by Crippen LogP contribution is 2.32. The van der Waals surface area contributed by atoms with Gasteiger partial charge in [-0.3, -0.25) is 14.6 Å². The molecule has 150 valence electrons. The lowest BCUT2D eigenvalue weighted by Crippen LogP contribution is -2.24. The zero-order valence-corrected chi connectivity index (χ0v) is 16.7. The molecule has 3 heterocycles. The summed E-state index contributed by atoms with van der Waals surface area (Å²) in [5.74, 6) is 1.37. The van der Waals surface area contributed by atoms with Gasteiger partial charge < -0.3 is 9.15 Å². The molecule has 1 aliphatic rings. The average Bonchev–Trinajstić information content (AvgIpc) is 3.39. The molecule has 2 aromatic heterocycles. The largest absolute Gasteiger partial charge is 0.423 e. The predicted molar refractivity (Wildman–Crippen MR) is 111 cm³/mol. The second-order valence-electron chi connectivity index (χ2n) is 6.90. The summed E-state index contributed by atoms with van der Waals surface area (Å²) in [6, 6.07) is 12.2. The molecule has 0 radical (unpaired) electrons. The van der Waals surface area contributed by atoms with Crippen molar-refractivity contribution in [3.05, 3.63) is 54.4 Å². The first-order chi connectivity index (χ1) is 14.2. The Morgan fingerprint density at radius 3 is 2.86 bits per heavy atom. The maximum Gasteiger partial charge on any atom is 0.304 e. The van der Waals surface area contributed by atoms with Crippen LogP contribution >= 0.6 is 0 Å². The summed E-state index contributed by atoms with van der Waals surface area (Å²) in [5, 5.41) is 0. The van der Waals surface area contributed by atoms with Crippen molar-refractivity contribution in [2.45, 2.75) is 26.7 Å². The van der Waals surface area contributed by atoms with Crippen molar-refractivity contribution >= 4 is 23.4 Å². The van der Waals surface area contributed by atoms with E-state index >= 15 is 0 Å². The van der Waals surface area contributed by atoms with E-state index in [2.05, 4.69) is 9.97 Å². The molecule has 4 rings (SSSR count). The van der Waals surface area contributed by atoms with Gasteiger partial charge in [0, 0.05) is 31.3 Å². The van der Waals surface area contributed by atoms with Crippen molar-refractivity contribution in [3.8, 4) is 11.3 Å². The molecule has 3 aromatic rings. The lowest BCUT2D eigenvalue weighted by Gasteiger charge is -2.22. The SMILES string of the molecule is CCOCN(c1ncc(-c2ccnc(N3CCCC3=O)c2)o1)c1ccccc1C. The lowest BCUT2D eigenvalue weighted by molar-refractivity contribution is -0.117. The van der Waals surface area contributed by atoms with Crippen LogP contribution in [-0.2, 0) is 9.53 Å². The minimum Gasteiger partial charge on any atom is -0.423 e. The number of hydrogen-bond donors (Lipinski definition) is 0. The zero-order chi connectivity index (χ0) is 20.2. The molecule has 1 aliphatic heterocycles. The normalized spacial score (nSPS) is 13.9. The quantitative estimate of drug-likeness (QED) is 0.558. The Balaban J connectivity index is 1.64. The van der Waals surface area contributed by atoms with E-state index in [1.807, 2.05) is 55.1 Å². The van der Waals surface area contributed by atoms with Gasteiger partial charge in [-0.15, -0.1) is 0 Å². The van der Waals surface area contributed by atoms with Crippen LogP contribution < -0.4 is 9.80 Å². The van der Waals surface area contributed by atoms with Gasteiger partial charge in [-0.25, -0.2) is 9.97 Å². The highest BCUT2D eigenvalue weighted by Gasteiger charge is 2.23. The third-order valence-corrected chi connectivity index (χ3v) is 4.94. The van der Waals surface area contributed by atoms with E-state index in [0.29, 0.717) is 43.9 Å². The summed E-state index contributed by atoms with van der Waals surface area (Å²) < 4.78 is 11.7. The number of hydrogen-bond acceptors (Lipinski definition) is 6. The molecule has 0 spiro atoms. The Labute approximate surface area is 169 Å². The van der Waals surface area contributed by atoms with Crippen LogP contribution in [0, 0.1) is 6.92 Å². The number of ether oxygens (including phenoxy) is 1. The number of anilines is 3. The molecule has 0 N–H and O–H groups in total. The number of benzene rings is 1. The number of para-hydroxylation sites is 1. The number of aromatic nitrogens is 2. The van der Waals surface area contributed by atoms with Crippen molar-refractivity contribution in [1.82, 2.24) is 9.97 Å². The van der Waals surface area contributed by atoms with E-state index in [4.69, 9.17) is 9.15 Å². The molecule has 1 saturated heterocycles. The Morgan fingerprint density at radius 1 is 1.24 bits per heavy atom. The Morgan fingerprint density at radius 2 is 2.10 bits per heavy atom.